The highest BCUT2D eigenvalue weighted by Gasteiger charge is 2.38. The summed E-state index contributed by atoms with van der Waals surface area (Å²) in [5, 5.41) is 3.23. The van der Waals surface area contributed by atoms with Gasteiger partial charge in [0.1, 0.15) is 12.1 Å². The molecule has 0 aromatic heterocycles. The molecule has 2 aromatic carbocycles. The predicted octanol–water partition coefficient (Wildman–Crippen LogP) is 2.45. The quantitative estimate of drug-likeness (QED) is 0.437. The Kier molecular flexibility index (Phi) is 5.22. The number of hydrogen-bond acceptors (Lipinski definition) is 6. The average Bonchev–Trinajstić information content (AvgIpc) is 2.98. The number of amides is 3. The Morgan fingerprint density at radius 3 is 2.23 bits per heavy atom. The predicted molar refractivity (Wildman–Crippen MR) is 114 cm³/mol. The lowest BCUT2D eigenvalue weighted by Gasteiger charge is -2.40. The average molecular weight is 421 g/mol. The van der Waals surface area contributed by atoms with Gasteiger partial charge in [-0.2, -0.15) is 0 Å². The van der Waals surface area contributed by atoms with Crippen LogP contribution in [0.25, 0.3) is 0 Å². The van der Waals surface area contributed by atoms with Crippen LogP contribution in [0.4, 0.5) is 11.4 Å². The van der Waals surface area contributed by atoms with E-state index in [0.717, 1.165) is 16.3 Å². The van der Waals surface area contributed by atoms with Crippen molar-refractivity contribution in [3.8, 4) is 0 Å². The Labute approximate surface area is 179 Å². The molecule has 0 aliphatic carbocycles. The maximum absolute atomic E-state index is 12.8. The van der Waals surface area contributed by atoms with E-state index >= 15 is 0 Å². The molecule has 1 N–H and O–H groups in total. The number of anilines is 2. The fourth-order valence-corrected chi connectivity index (χ4v) is 3.84. The number of rotatable bonds is 6. The Bertz CT molecular complexity index is 1040. The molecule has 2 heterocycles. The summed E-state index contributed by atoms with van der Waals surface area (Å²) in [5.41, 5.74) is 1.49. The van der Waals surface area contributed by atoms with Crippen LogP contribution in [0.5, 0.6) is 0 Å². The molecule has 8 heteroatoms. The van der Waals surface area contributed by atoms with E-state index in [0.29, 0.717) is 24.1 Å². The van der Waals surface area contributed by atoms with E-state index < -0.39 is 29.9 Å². The minimum absolute atomic E-state index is 0.0662. The first kappa shape index (κ1) is 20.6. The molecular formula is C23H23N3O5. The summed E-state index contributed by atoms with van der Waals surface area (Å²) >= 11 is 0. The highest BCUT2D eigenvalue weighted by atomic mass is 16.5. The number of imide groups is 1. The second-order valence-corrected chi connectivity index (χ2v) is 8.04. The first-order chi connectivity index (χ1) is 14.8. The third-order valence-electron chi connectivity index (χ3n) is 5.38. The van der Waals surface area contributed by atoms with E-state index in [9.17, 15) is 19.2 Å². The molecule has 0 spiro atoms. The maximum Gasteiger partial charge on any atom is 0.326 e. The van der Waals surface area contributed by atoms with Crippen molar-refractivity contribution < 1.29 is 23.9 Å². The van der Waals surface area contributed by atoms with Crippen LogP contribution in [0.2, 0.25) is 0 Å². The molecule has 3 amide bonds. The second-order valence-electron chi connectivity index (χ2n) is 8.04. The van der Waals surface area contributed by atoms with Crippen molar-refractivity contribution in [2.45, 2.75) is 25.8 Å². The van der Waals surface area contributed by atoms with Gasteiger partial charge in [0.15, 0.2) is 0 Å². The lowest BCUT2D eigenvalue weighted by molar-refractivity contribution is -0.143. The minimum Gasteiger partial charge on any atom is -0.464 e. The number of fused-ring (bicyclic) bond motifs is 2. The third-order valence-corrected chi connectivity index (χ3v) is 5.38. The molecule has 2 aliphatic rings. The third kappa shape index (κ3) is 3.76. The largest absolute Gasteiger partial charge is 0.464 e. The van der Waals surface area contributed by atoms with E-state index in [1.54, 1.807) is 29.2 Å². The van der Waals surface area contributed by atoms with Crippen LogP contribution >= 0.6 is 0 Å². The number of carbonyl (C=O) groups is 4. The van der Waals surface area contributed by atoms with Gasteiger partial charge in [-0.3, -0.25) is 24.1 Å². The van der Waals surface area contributed by atoms with E-state index in [4.69, 9.17) is 4.74 Å². The van der Waals surface area contributed by atoms with Gasteiger partial charge >= 0.3 is 5.97 Å². The smallest absolute Gasteiger partial charge is 0.326 e. The van der Waals surface area contributed by atoms with Gasteiger partial charge < -0.3 is 15.0 Å². The molecule has 31 heavy (non-hydrogen) atoms. The van der Waals surface area contributed by atoms with Crippen molar-refractivity contribution in [2.24, 2.45) is 0 Å². The molecule has 0 saturated heterocycles. The molecule has 0 fully saturated rings. The molecule has 0 saturated carbocycles. The van der Waals surface area contributed by atoms with E-state index in [1.807, 2.05) is 38.1 Å². The number of nitrogens with zero attached hydrogens (tertiary/aromatic N) is 2. The van der Waals surface area contributed by atoms with Crippen LogP contribution in [-0.4, -0.2) is 53.8 Å². The lowest BCUT2D eigenvalue weighted by Crippen LogP contribution is -2.54. The number of nitrogens with one attached hydrogen (secondary N) is 1. The van der Waals surface area contributed by atoms with Gasteiger partial charge in [-0.1, -0.05) is 24.3 Å². The Balaban J connectivity index is 1.31. The van der Waals surface area contributed by atoms with Crippen molar-refractivity contribution in [2.75, 3.05) is 29.9 Å². The van der Waals surface area contributed by atoms with Gasteiger partial charge in [0, 0.05) is 6.54 Å². The Morgan fingerprint density at radius 1 is 0.935 bits per heavy atom. The number of hydrogen-bond donors (Lipinski definition) is 1. The zero-order valence-electron chi connectivity index (χ0n) is 17.4. The summed E-state index contributed by atoms with van der Waals surface area (Å²) in [7, 11) is 0. The first-order valence-electron chi connectivity index (χ1n) is 10.1. The highest BCUT2D eigenvalue weighted by molar-refractivity contribution is 6.22. The number of para-hydroxylation sites is 2. The molecule has 2 aromatic rings. The van der Waals surface area contributed by atoms with Crippen LogP contribution < -0.4 is 10.2 Å². The van der Waals surface area contributed by atoms with Gasteiger partial charge in [0.2, 0.25) is 0 Å². The van der Waals surface area contributed by atoms with Crippen LogP contribution in [0.1, 0.15) is 41.0 Å². The van der Waals surface area contributed by atoms with Gasteiger partial charge in [-0.15, -0.1) is 0 Å². The van der Waals surface area contributed by atoms with E-state index in [-0.39, 0.29) is 12.5 Å². The molecule has 0 unspecified atom stereocenters. The van der Waals surface area contributed by atoms with Gasteiger partial charge in [0.25, 0.3) is 17.7 Å². The number of benzene rings is 2. The summed E-state index contributed by atoms with van der Waals surface area (Å²) < 4.78 is 5.23. The summed E-state index contributed by atoms with van der Waals surface area (Å²) in [6, 6.07) is 14.0. The van der Waals surface area contributed by atoms with Crippen LogP contribution in [0, 0.1) is 0 Å². The topological polar surface area (TPSA) is 96.0 Å². The van der Waals surface area contributed by atoms with Crippen molar-refractivity contribution in [3.63, 3.8) is 0 Å². The molecule has 4 rings (SSSR count). The van der Waals surface area contributed by atoms with Crippen LogP contribution in [-0.2, 0) is 14.3 Å². The Hall–Kier alpha value is -3.68. The maximum atomic E-state index is 12.8. The van der Waals surface area contributed by atoms with Gasteiger partial charge in [0.05, 0.1) is 29.1 Å². The zero-order chi connectivity index (χ0) is 22.2. The Morgan fingerprint density at radius 2 is 1.55 bits per heavy atom. The van der Waals surface area contributed by atoms with Crippen LogP contribution in [0.3, 0.4) is 0 Å². The van der Waals surface area contributed by atoms with E-state index in [2.05, 4.69) is 5.32 Å². The van der Waals surface area contributed by atoms with Crippen LogP contribution in [0.15, 0.2) is 48.5 Å². The molecular weight excluding hydrogens is 398 g/mol. The minimum atomic E-state index is -0.740. The van der Waals surface area contributed by atoms with Gasteiger partial charge in [-0.05, 0) is 44.5 Å². The first-order valence-corrected chi connectivity index (χ1v) is 10.1. The van der Waals surface area contributed by atoms with E-state index in [1.165, 1.54) is 0 Å². The second kappa shape index (κ2) is 7.86. The number of ether oxygens (including phenoxy) is 1. The van der Waals surface area contributed by atoms with Crippen molar-refractivity contribution in [3.05, 3.63) is 59.7 Å². The molecule has 0 bridgehead atoms. The lowest BCUT2D eigenvalue weighted by atomic mass is 9.98. The summed E-state index contributed by atoms with van der Waals surface area (Å²) in [6.07, 6.45) is 0.421. The molecule has 160 valence electrons. The normalized spacial score (nSPS) is 16.6. The summed E-state index contributed by atoms with van der Waals surface area (Å²) in [4.78, 5) is 52.3. The van der Waals surface area contributed by atoms with Crippen molar-refractivity contribution >= 4 is 35.1 Å². The fraction of sp³-hybridized carbons (Fsp3) is 0.304. The molecule has 8 nitrogen and oxygen atoms in total. The molecule has 0 atom stereocenters. The standard InChI is InChI=1S/C23H23N3O5/c1-23(2)22(30)25(18-11-6-5-10-17(18)24-23)12-7-13-31-19(27)14-26-20(28)15-8-3-4-9-16(15)21(26)29/h3-6,8-11,24H,7,12-14H2,1-2H3. The van der Waals surface area contributed by atoms with Crippen molar-refractivity contribution in [1.29, 1.82) is 0 Å². The molecule has 0 radical (unpaired) electrons. The summed E-state index contributed by atoms with van der Waals surface area (Å²) in [5.74, 6) is -1.73. The zero-order valence-corrected chi connectivity index (χ0v) is 17.4. The summed E-state index contributed by atoms with van der Waals surface area (Å²) in [6.45, 7) is 3.65. The van der Waals surface area contributed by atoms with Gasteiger partial charge in [-0.25, -0.2) is 0 Å². The number of esters is 1. The van der Waals surface area contributed by atoms with Crippen molar-refractivity contribution in [1.82, 2.24) is 4.90 Å². The SMILES string of the molecule is CC1(C)Nc2ccccc2N(CCCOC(=O)CN2C(=O)c3ccccc3C2=O)C1=O. The fourth-order valence-electron chi connectivity index (χ4n) is 3.84. The monoisotopic (exact) mass is 421 g/mol. The molecule has 2 aliphatic heterocycles. The highest BCUT2D eigenvalue weighted by Crippen LogP contribution is 2.35. The number of carbonyl (C=O) groups excluding carboxylic acids is 4.